The fourth-order valence-electron chi connectivity index (χ4n) is 2.71. The van der Waals surface area contributed by atoms with Gasteiger partial charge in [0.25, 0.3) is 0 Å². The summed E-state index contributed by atoms with van der Waals surface area (Å²) in [6.45, 7) is 4.46. The SMILES string of the molecule is C=C1Nc2ncnn2[C@@H](c2cccc(Cl)c2)[C@@H]1C(=O)OCCOC. The molecule has 1 aliphatic rings. The minimum atomic E-state index is -0.658. The Morgan fingerprint density at radius 2 is 2.29 bits per heavy atom. The lowest BCUT2D eigenvalue weighted by atomic mass is 9.89. The predicted octanol–water partition coefficient (Wildman–Crippen LogP) is 2.27. The summed E-state index contributed by atoms with van der Waals surface area (Å²) >= 11 is 6.12. The Labute approximate surface area is 144 Å². The summed E-state index contributed by atoms with van der Waals surface area (Å²) in [7, 11) is 1.55. The van der Waals surface area contributed by atoms with Gasteiger partial charge < -0.3 is 14.8 Å². The Balaban J connectivity index is 1.98. The molecule has 1 aliphatic heterocycles. The van der Waals surface area contributed by atoms with Gasteiger partial charge in [0.05, 0.1) is 12.6 Å². The molecule has 1 aromatic carbocycles. The summed E-state index contributed by atoms with van der Waals surface area (Å²) in [5.74, 6) is -0.545. The first-order valence-corrected chi connectivity index (χ1v) is 7.76. The van der Waals surface area contributed by atoms with Crippen LogP contribution in [0.1, 0.15) is 11.6 Å². The number of halogens is 1. The van der Waals surface area contributed by atoms with Crippen molar-refractivity contribution in [1.82, 2.24) is 14.8 Å². The van der Waals surface area contributed by atoms with Crippen molar-refractivity contribution in [3.8, 4) is 0 Å². The van der Waals surface area contributed by atoms with E-state index in [0.29, 0.717) is 23.3 Å². The number of benzene rings is 1. The Morgan fingerprint density at radius 1 is 1.46 bits per heavy atom. The first kappa shape index (κ1) is 16.5. The number of nitrogens with one attached hydrogen (secondary N) is 1. The van der Waals surface area contributed by atoms with E-state index in [1.807, 2.05) is 12.1 Å². The molecule has 1 N–H and O–H groups in total. The van der Waals surface area contributed by atoms with E-state index < -0.39 is 17.9 Å². The molecule has 24 heavy (non-hydrogen) atoms. The molecule has 0 amide bonds. The fourth-order valence-corrected chi connectivity index (χ4v) is 2.91. The van der Waals surface area contributed by atoms with Crippen LogP contribution in [0, 0.1) is 5.92 Å². The molecule has 0 unspecified atom stereocenters. The Kier molecular flexibility index (Phi) is 4.82. The smallest absolute Gasteiger partial charge is 0.317 e. The number of hydrogen-bond acceptors (Lipinski definition) is 6. The maximum absolute atomic E-state index is 12.6. The lowest BCUT2D eigenvalue weighted by Gasteiger charge is -2.33. The van der Waals surface area contributed by atoms with Gasteiger partial charge in [-0.15, -0.1) is 0 Å². The maximum Gasteiger partial charge on any atom is 0.317 e. The second kappa shape index (κ2) is 7.02. The summed E-state index contributed by atoms with van der Waals surface area (Å²) in [5, 5.41) is 7.81. The standard InChI is InChI=1S/C16H17ClN4O3/c1-10-13(15(22)24-7-6-23-2)14(11-4-3-5-12(17)8-11)21-16(20-10)18-9-19-21/h3-5,8-9,13-14H,1,6-7H2,2H3,(H,18,19,20)/t13-,14+/m1/s1. The summed E-state index contributed by atoms with van der Waals surface area (Å²) < 4.78 is 11.9. The molecule has 0 fully saturated rings. The van der Waals surface area contributed by atoms with Gasteiger partial charge in [-0.2, -0.15) is 10.1 Å². The fraction of sp³-hybridized carbons (Fsp3) is 0.312. The largest absolute Gasteiger partial charge is 0.463 e. The first-order chi connectivity index (χ1) is 11.6. The van der Waals surface area contributed by atoms with Crippen LogP contribution in [0.3, 0.4) is 0 Å². The molecule has 7 nitrogen and oxygen atoms in total. The van der Waals surface area contributed by atoms with Crippen LogP contribution in [0.2, 0.25) is 5.02 Å². The lowest BCUT2D eigenvalue weighted by Crippen LogP contribution is -2.38. The highest BCUT2D eigenvalue weighted by molar-refractivity contribution is 6.30. The Hall–Kier alpha value is -2.38. The molecular weight excluding hydrogens is 332 g/mol. The van der Waals surface area contributed by atoms with Crippen molar-refractivity contribution >= 4 is 23.5 Å². The van der Waals surface area contributed by atoms with E-state index in [1.165, 1.54) is 6.33 Å². The van der Waals surface area contributed by atoms with Crippen LogP contribution < -0.4 is 5.32 Å². The van der Waals surface area contributed by atoms with Gasteiger partial charge in [0.2, 0.25) is 5.95 Å². The zero-order chi connectivity index (χ0) is 17.1. The molecule has 0 spiro atoms. The van der Waals surface area contributed by atoms with Crippen molar-refractivity contribution in [3.63, 3.8) is 0 Å². The van der Waals surface area contributed by atoms with Crippen molar-refractivity contribution in [2.45, 2.75) is 6.04 Å². The average molecular weight is 349 g/mol. The number of ether oxygens (including phenoxy) is 2. The summed E-state index contributed by atoms with van der Waals surface area (Å²) in [5.41, 5.74) is 1.33. The molecule has 1 aromatic heterocycles. The van der Waals surface area contributed by atoms with Crippen molar-refractivity contribution in [1.29, 1.82) is 0 Å². The third kappa shape index (κ3) is 3.13. The second-order valence-corrected chi connectivity index (χ2v) is 5.75. The van der Waals surface area contributed by atoms with Crippen molar-refractivity contribution in [2.24, 2.45) is 5.92 Å². The van der Waals surface area contributed by atoms with Crippen LogP contribution in [-0.4, -0.2) is 41.1 Å². The molecule has 8 heteroatoms. The van der Waals surface area contributed by atoms with E-state index in [1.54, 1.807) is 23.9 Å². The highest BCUT2D eigenvalue weighted by atomic mass is 35.5. The van der Waals surface area contributed by atoms with Crippen LogP contribution in [0.25, 0.3) is 0 Å². The molecule has 126 valence electrons. The van der Waals surface area contributed by atoms with Crippen LogP contribution in [0.5, 0.6) is 0 Å². The zero-order valence-electron chi connectivity index (χ0n) is 13.1. The van der Waals surface area contributed by atoms with Crippen LogP contribution in [0.15, 0.2) is 42.9 Å². The van der Waals surface area contributed by atoms with Gasteiger partial charge in [0.15, 0.2) is 0 Å². The van der Waals surface area contributed by atoms with Gasteiger partial charge in [0, 0.05) is 17.8 Å². The quantitative estimate of drug-likeness (QED) is 0.659. The molecule has 2 heterocycles. The van der Waals surface area contributed by atoms with Gasteiger partial charge in [-0.05, 0) is 17.7 Å². The number of anilines is 1. The molecule has 0 bridgehead atoms. The molecular formula is C16H17ClN4O3. The van der Waals surface area contributed by atoms with Crippen LogP contribution in [-0.2, 0) is 14.3 Å². The molecule has 0 saturated carbocycles. The van der Waals surface area contributed by atoms with Gasteiger partial charge >= 0.3 is 5.97 Å². The number of fused-ring (bicyclic) bond motifs is 1. The number of carbonyl (C=O) groups excluding carboxylic acids is 1. The molecule has 0 aliphatic carbocycles. The number of nitrogens with zero attached hydrogens (tertiary/aromatic N) is 3. The van der Waals surface area contributed by atoms with Gasteiger partial charge in [0.1, 0.15) is 18.9 Å². The van der Waals surface area contributed by atoms with Crippen molar-refractivity contribution in [2.75, 3.05) is 25.6 Å². The monoisotopic (exact) mass is 348 g/mol. The normalized spacial score (nSPS) is 19.5. The third-order valence-corrected chi connectivity index (χ3v) is 4.01. The molecule has 2 atom stereocenters. The van der Waals surface area contributed by atoms with E-state index in [-0.39, 0.29) is 6.61 Å². The van der Waals surface area contributed by atoms with Gasteiger partial charge in [-0.1, -0.05) is 30.3 Å². The first-order valence-electron chi connectivity index (χ1n) is 7.38. The topological polar surface area (TPSA) is 78.3 Å². The number of aromatic nitrogens is 3. The van der Waals surface area contributed by atoms with Gasteiger partial charge in [-0.3, -0.25) is 4.79 Å². The number of rotatable bonds is 5. The van der Waals surface area contributed by atoms with Crippen molar-refractivity contribution in [3.05, 3.63) is 53.5 Å². The van der Waals surface area contributed by atoms with Gasteiger partial charge in [-0.25, -0.2) is 4.68 Å². The minimum Gasteiger partial charge on any atom is -0.463 e. The summed E-state index contributed by atoms with van der Waals surface area (Å²) in [6, 6.07) is 6.84. The van der Waals surface area contributed by atoms with Crippen molar-refractivity contribution < 1.29 is 14.3 Å². The molecule has 2 aromatic rings. The highest BCUT2D eigenvalue weighted by Crippen LogP contribution is 2.38. The van der Waals surface area contributed by atoms with E-state index in [9.17, 15) is 4.79 Å². The maximum atomic E-state index is 12.6. The lowest BCUT2D eigenvalue weighted by molar-refractivity contribution is -0.149. The number of hydrogen-bond donors (Lipinski definition) is 1. The molecule has 3 rings (SSSR count). The summed E-state index contributed by atoms with van der Waals surface area (Å²) in [6.07, 6.45) is 1.42. The minimum absolute atomic E-state index is 0.172. The Morgan fingerprint density at radius 3 is 3.04 bits per heavy atom. The van der Waals surface area contributed by atoms with E-state index in [0.717, 1.165) is 5.56 Å². The highest BCUT2D eigenvalue weighted by Gasteiger charge is 2.40. The second-order valence-electron chi connectivity index (χ2n) is 5.32. The van der Waals surface area contributed by atoms with Crippen LogP contribution in [0.4, 0.5) is 5.95 Å². The van der Waals surface area contributed by atoms with E-state index >= 15 is 0 Å². The molecule has 0 saturated heterocycles. The van der Waals surface area contributed by atoms with E-state index in [2.05, 4.69) is 22.0 Å². The van der Waals surface area contributed by atoms with Crippen LogP contribution >= 0.6 is 11.6 Å². The number of methoxy groups -OCH3 is 1. The van der Waals surface area contributed by atoms with E-state index in [4.69, 9.17) is 21.1 Å². The Bertz CT molecular complexity index is 761. The third-order valence-electron chi connectivity index (χ3n) is 3.78. The zero-order valence-corrected chi connectivity index (χ0v) is 13.9. The average Bonchev–Trinajstić information content (AvgIpc) is 3.01. The number of esters is 1. The summed E-state index contributed by atoms with van der Waals surface area (Å²) in [4.78, 5) is 16.8. The predicted molar refractivity (Wildman–Crippen MR) is 88.7 cm³/mol. The molecule has 0 radical (unpaired) electrons. The number of carbonyl (C=O) groups is 1.